The average molecular weight is 371 g/mol. The van der Waals surface area contributed by atoms with Gasteiger partial charge >= 0.3 is 0 Å². The van der Waals surface area contributed by atoms with Gasteiger partial charge in [0.1, 0.15) is 18.1 Å². The summed E-state index contributed by atoms with van der Waals surface area (Å²) in [6.07, 6.45) is 0. The van der Waals surface area contributed by atoms with Crippen LogP contribution in [-0.4, -0.2) is 17.6 Å². The zero-order chi connectivity index (χ0) is 19.3. The molecule has 0 saturated carbocycles. The number of rotatable bonds is 7. The van der Waals surface area contributed by atoms with E-state index in [4.69, 9.17) is 20.3 Å². The van der Waals surface area contributed by atoms with Crippen molar-refractivity contribution in [2.24, 2.45) is 5.73 Å². The van der Waals surface area contributed by atoms with Crippen molar-refractivity contribution in [1.82, 2.24) is 0 Å². The van der Waals surface area contributed by atoms with Crippen LogP contribution in [0, 0.1) is 0 Å². The molecule has 140 valence electrons. The van der Waals surface area contributed by atoms with Crippen LogP contribution in [0.4, 0.5) is 8.78 Å². The van der Waals surface area contributed by atoms with Crippen LogP contribution < -0.4 is 15.2 Å². The molecular formula is C21H19F2NO3. The largest absolute Gasteiger partial charge is 0.453 e. The summed E-state index contributed by atoms with van der Waals surface area (Å²) >= 11 is 0. The van der Waals surface area contributed by atoms with Crippen LogP contribution in [0.5, 0.6) is 23.0 Å². The lowest BCUT2D eigenvalue weighted by Crippen LogP contribution is -2.36. The second-order valence-corrected chi connectivity index (χ2v) is 5.93. The van der Waals surface area contributed by atoms with E-state index in [2.05, 4.69) is 0 Å². The summed E-state index contributed by atoms with van der Waals surface area (Å²) in [6, 6.07) is 20.6. The van der Waals surface area contributed by atoms with Gasteiger partial charge in [0.05, 0.1) is 6.04 Å². The zero-order valence-corrected chi connectivity index (χ0v) is 14.4. The molecule has 0 aromatic heterocycles. The number of nitrogens with two attached hydrogens (primary N) is 1. The van der Waals surface area contributed by atoms with E-state index in [-0.39, 0.29) is 11.3 Å². The monoisotopic (exact) mass is 371 g/mol. The lowest BCUT2D eigenvalue weighted by atomic mass is 10.0. The summed E-state index contributed by atoms with van der Waals surface area (Å²) in [6.45, 7) is -1.34. The van der Waals surface area contributed by atoms with Crippen molar-refractivity contribution in [1.29, 1.82) is 0 Å². The Labute approximate surface area is 155 Å². The van der Waals surface area contributed by atoms with Crippen molar-refractivity contribution >= 4 is 0 Å². The van der Waals surface area contributed by atoms with Crippen LogP contribution in [-0.2, 0) is 0 Å². The molecule has 1 atom stereocenters. The molecule has 4 nitrogen and oxygen atoms in total. The molecule has 27 heavy (non-hydrogen) atoms. The normalized spacial score (nSPS) is 12.4. The molecule has 0 heterocycles. The number of aliphatic hydroxyl groups is 1. The lowest BCUT2D eigenvalue weighted by molar-refractivity contribution is -0.0712. The Bertz CT molecular complexity index is 873. The summed E-state index contributed by atoms with van der Waals surface area (Å²) in [5.74, 6) is -1.76. The Hall–Kier alpha value is -2.96. The molecule has 3 N–H and O–H groups in total. The van der Waals surface area contributed by atoms with Crippen molar-refractivity contribution in [3.05, 3.63) is 84.4 Å². The van der Waals surface area contributed by atoms with E-state index in [0.717, 1.165) is 0 Å². The molecule has 0 bridgehead atoms. The molecule has 0 amide bonds. The van der Waals surface area contributed by atoms with Crippen molar-refractivity contribution in [2.75, 3.05) is 6.61 Å². The molecule has 0 aliphatic carbocycles. The minimum atomic E-state index is -3.45. The van der Waals surface area contributed by atoms with E-state index >= 15 is 0 Å². The second-order valence-electron chi connectivity index (χ2n) is 5.93. The summed E-state index contributed by atoms with van der Waals surface area (Å²) < 4.78 is 39.2. The van der Waals surface area contributed by atoms with E-state index < -0.39 is 18.6 Å². The molecule has 0 unspecified atom stereocenters. The van der Waals surface area contributed by atoms with Crippen LogP contribution in [0.3, 0.4) is 0 Å². The number of ether oxygens (including phenoxy) is 2. The third-order valence-corrected chi connectivity index (χ3v) is 3.93. The van der Waals surface area contributed by atoms with Gasteiger partial charge in [-0.15, -0.1) is 0 Å². The number of hydrogen-bond acceptors (Lipinski definition) is 4. The third kappa shape index (κ3) is 4.61. The average Bonchev–Trinajstić information content (AvgIpc) is 2.70. The number of para-hydroxylation sites is 2. The van der Waals surface area contributed by atoms with E-state index in [1.54, 1.807) is 36.4 Å². The van der Waals surface area contributed by atoms with Crippen molar-refractivity contribution in [2.45, 2.75) is 12.0 Å². The fourth-order valence-corrected chi connectivity index (χ4v) is 2.46. The quantitative estimate of drug-likeness (QED) is 0.620. The fourth-order valence-electron chi connectivity index (χ4n) is 2.46. The van der Waals surface area contributed by atoms with Crippen LogP contribution >= 0.6 is 0 Å². The highest BCUT2D eigenvalue weighted by Crippen LogP contribution is 2.39. The van der Waals surface area contributed by atoms with Crippen molar-refractivity contribution < 1.29 is 23.4 Å². The van der Waals surface area contributed by atoms with Gasteiger partial charge in [0.25, 0.3) is 5.92 Å². The Kier molecular flexibility index (Phi) is 5.69. The highest BCUT2D eigenvalue weighted by Gasteiger charge is 2.37. The first-order chi connectivity index (χ1) is 13.0. The maximum Gasteiger partial charge on any atom is 0.289 e. The first kappa shape index (κ1) is 18.8. The lowest BCUT2D eigenvalue weighted by Gasteiger charge is -2.23. The van der Waals surface area contributed by atoms with E-state index in [0.29, 0.717) is 17.2 Å². The number of alkyl halides is 2. The Morgan fingerprint density at radius 1 is 0.815 bits per heavy atom. The maximum absolute atomic E-state index is 13.8. The number of halogens is 2. The standard InChI is InChI=1S/C21H19F2NO3/c22-21(23,14-25)20(24)15-11-12-18(26-16-7-3-1-4-8-16)19(13-15)27-17-9-5-2-6-10-17/h1-13,20,25H,14,24H2/t20-/m0/s1. The van der Waals surface area contributed by atoms with Gasteiger partial charge in [-0.1, -0.05) is 42.5 Å². The molecule has 0 saturated heterocycles. The number of benzene rings is 3. The second kappa shape index (κ2) is 8.16. The highest BCUT2D eigenvalue weighted by atomic mass is 19.3. The van der Waals surface area contributed by atoms with Crippen LogP contribution in [0.2, 0.25) is 0 Å². The van der Waals surface area contributed by atoms with Crippen molar-refractivity contribution in [3.8, 4) is 23.0 Å². The molecule has 0 aliphatic rings. The number of hydrogen-bond donors (Lipinski definition) is 2. The topological polar surface area (TPSA) is 64.7 Å². The van der Waals surface area contributed by atoms with Gasteiger partial charge in [-0.3, -0.25) is 0 Å². The minimum Gasteiger partial charge on any atom is -0.453 e. The smallest absolute Gasteiger partial charge is 0.289 e. The molecule has 0 radical (unpaired) electrons. The first-order valence-electron chi connectivity index (χ1n) is 8.33. The summed E-state index contributed by atoms with van der Waals surface area (Å²) in [5.41, 5.74) is 5.77. The third-order valence-electron chi connectivity index (χ3n) is 3.93. The van der Waals surface area contributed by atoms with Crippen LogP contribution in [0.15, 0.2) is 78.9 Å². The zero-order valence-electron chi connectivity index (χ0n) is 14.4. The molecule has 3 rings (SSSR count). The Morgan fingerprint density at radius 2 is 1.33 bits per heavy atom. The molecule has 0 fully saturated rings. The molecule has 0 aliphatic heterocycles. The molecular weight excluding hydrogens is 352 g/mol. The van der Waals surface area contributed by atoms with E-state index in [1.807, 2.05) is 24.3 Å². The van der Waals surface area contributed by atoms with Gasteiger partial charge in [0, 0.05) is 0 Å². The molecule has 0 spiro atoms. The Morgan fingerprint density at radius 3 is 1.85 bits per heavy atom. The molecule has 3 aromatic rings. The maximum atomic E-state index is 13.8. The molecule has 3 aromatic carbocycles. The van der Waals surface area contributed by atoms with Gasteiger partial charge in [-0.05, 0) is 42.0 Å². The van der Waals surface area contributed by atoms with E-state index in [1.165, 1.54) is 18.2 Å². The van der Waals surface area contributed by atoms with Crippen LogP contribution in [0.25, 0.3) is 0 Å². The molecule has 6 heteroatoms. The SMILES string of the molecule is N[C@@H](c1ccc(Oc2ccccc2)c(Oc2ccccc2)c1)C(F)(F)CO. The van der Waals surface area contributed by atoms with E-state index in [9.17, 15) is 8.78 Å². The first-order valence-corrected chi connectivity index (χ1v) is 8.33. The van der Waals surface area contributed by atoms with Gasteiger partial charge in [-0.25, -0.2) is 8.78 Å². The van der Waals surface area contributed by atoms with Gasteiger partial charge in [0.2, 0.25) is 0 Å². The summed E-state index contributed by atoms with van der Waals surface area (Å²) in [5, 5.41) is 8.89. The van der Waals surface area contributed by atoms with Gasteiger partial charge in [-0.2, -0.15) is 0 Å². The summed E-state index contributed by atoms with van der Waals surface area (Å²) in [4.78, 5) is 0. The summed E-state index contributed by atoms with van der Waals surface area (Å²) in [7, 11) is 0. The minimum absolute atomic E-state index is 0.125. The highest BCUT2D eigenvalue weighted by molar-refractivity contribution is 5.48. The predicted molar refractivity (Wildman–Crippen MR) is 98.4 cm³/mol. The van der Waals surface area contributed by atoms with Crippen molar-refractivity contribution in [3.63, 3.8) is 0 Å². The van der Waals surface area contributed by atoms with Gasteiger partial charge < -0.3 is 20.3 Å². The van der Waals surface area contributed by atoms with Gasteiger partial charge in [0.15, 0.2) is 11.5 Å². The van der Waals surface area contributed by atoms with Crippen LogP contribution in [0.1, 0.15) is 11.6 Å². The predicted octanol–water partition coefficient (Wildman–Crippen LogP) is 4.90. The number of aliphatic hydroxyl groups excluding tert-OH is 1. The Balaban J connectivity index is 1.97. The fraction of sp³-hybridized carbons (Fsp3) is 0.143.